The zero-order valence-electron chi connectivity index (χ0n) is 10.3. The second-order valence-corrected chi connectivity index (χ2v) is 4.86. The Bertz CT molecular complexity index is 639. The van der Waals surface area contributed by atoms with Crippen LogP contribution >= 0.6 is 23.2 Å². The van der Waals surface area contributed by atoms with Crippen molar-refractivity contribution >= 4 is 40.5 Å². The quantitative estimate of drug-likeness (QED) is 0.841. The number of carbonyl (C=O) groups excluding carboxylic acids is 1. The summed E-state index contributed by atoms with van der Waals surface area (Å²) < 4.78 is 0. The topological polar surface area (TPSA) is 58.5 Å². The first-order valence-corrected chi connectivity index (χ1v) is 6.52. The van der Waals surface area contributed by atoms with E-state index in [2.05, 4.69) is 10.5 Å². The lowest BCUT2D eigenvalue weighted by Gasteiger charge is -2.13. The zero-order valence-corrected chi connectivity index (χ0v) is 11.8. The van der Waals surface area contributed by atoms with Crippen LogP contribution in [0.25, 0.3) is 0 Å². The summed E-state index contributed by atoms with van der Waals surface area (Å²) >= 11 is 12.2. The van der Waals surface area contributed by atoms with Gasteiger partial charge in [0.05, 0.1) is 22.2 Å². The fraction of sp³-hybridized carbons (Fsp3) is 0.0714. The van der Waals surface area contributed by atoms with Crippen molar-refractivity contribution in [3.63, 3.8) is 0 Å². The molecule has 0 spiro atoms. The van der Waals surface area contributed by atoms with E-state index in [1.165, 1.54) is 0 Å². The Balaban J connectivity index is 2.34. The minimum absolute atomic E-state index is 0.0747. The van der Waals surface area contributed by atoms with Crippen LogP contribution in [0.5, 0.6) is 0 Å². The van der Waals surface area contributed by atoms with E-state index in [0.717, 1.165) is 0 Å². The van der Waals surface area contributed by atoms with Crippen LogP contribution in [0, 0.1) is 4.91 Å². The highest BCUT2D eigenvalue weighted by atomic mass is 35.5. The molecular formula is C14H10Cl2N2O2. The lowest BCUT2D eigenvalue weighted by atomic mass is 10.1. The summed E-state index contributed by atoms with van der Waals surface area (Å²) in [7, 11) is 0. The van der Waals surface area contributed by atoms with Crippen LogP contribution in [0.4, 0.5) is 11.4 Å². The number of carbonyl (C=O) groups is 1. The van der Waals surface area contributed by atoms with E-state index in [1.807, 2.05) is 0 Å². The number of nitrogens with zero attached hydrogens (tertiary/aromatic N) is 1. The molecule has 0 aliphatic rings. The Hall–Kier alpha value is -1.91. The summed E-state index contributed by atoms with van der Waals surface area (Å²) in [6, 6.07) is 12.2. The number of amides is 1. The van der Waals surface area contributed by atoms with Gasteiger partial charge in [-0.1, -0.05) is 47.5 Å². The molecule has 2 aromatic rings. The maximum Gasteiger partial charge on any atom is 0.290 e. The summed E-state index contributed by atoms with van der Waals surface area (Å²) in [4.78, 5) is 21.4. The first kappa shape index (κ1) is 14.5. The van der Waals surface area contributed by atoms with Crippen molar-refractivity contribution in [3.8, 4) is 0 Å². The van der Waals surface area contributed by atoms with Gasteiger partial charge in [-0.2, -0.15) is 0 Å². The highest BCUT2D eigenvalue weighted by Gasteiger charge is 2.11. The van der Waals surface area contributed by atoms with Crippen molar-refractivity contribution in [3.05, 3.63) is 63.0 Å². The van der Waals surface area contributed by atoms with Crippen molar-refractivity contribution in [1.29, 1.82) is 0 Å². The van der Waals surface area contributed by atoms with Crippen molar-refractivity contribution < 1.29 is 4.79 Å². The van der Waals surface area contributed by atoms with E-state index in [-0.39, 0.29) is 6.42 Å². The molecule has 0 heterocycles. The molecule has 0 unspecified atom stereocenters. The fourth-order valence-corrected chi connectivity index (χ4v) is 2.24. The Labute approximate surface area is 125 Å². The van der Waals surface area contributed by atoms with Gasteiger partial charge < -0.3 is 5.32 Å². The van der Waals surface area contributed by atoms with Gasteiger partial charge in [-0.3, -0.25) is 4.79 Å². The van der Waals surface area contributed by atoms with E-state index in [9.17, 15) is 9.70 Å². The van der Waals surface area contributed by atoms with Crippen LogP contribution in [0.1, 0.15) is 5.56 Å². The lowest BCUT2D eigenvalue weighted by Crippen LogP contribution is -2.02. The van der Waals surface area contributed by atoms with Crippen molar-refractivity contribution in [2.24, 2.45) is 5.18 Å². The molecule has 0 saturated heterocycles. The van der Waals surface area contributed by atoms with Crippen molar-refractivity contribution in [1.82, 2.24) is 0 Å². The van der Waals surface area contributed by atoms with Gasteiger partial charge in [0, 0.05) is 10.9 Å². The Morgan fingerprint density at radius 1 is 1.05 bits per heavy atom. The summed E-state index contributed by atoms with van der Waals surface area (Å²) in [6.07, 6.45) is -0.0747. The van der Waals surface area contributed by atoms with Gasteiger partial charge in [0.25, 0.3) is 5.91 Å². The largest absolute Gasteiger partial charge is 0.353 e. The number of hydrogen-bond donors (Lipinski definition) is 1. The van der Waals surface area contributed by atoms with Crippen LogP contribution < -0.4 is 5.32 Å². The third kappa shape index (κ3) is 3.35. The first-order chi connectivity index (χ1) is 9.61. The number of nitrogens with one attached hydrogen (secondary N) is 1. The predicted octanol–water partition coefficient (Wildman–Crippen LogP) is 4.57. The number of benzene rings is 2. The number of hydrogen-bond acceptors (Lipinski definition) is 3. The smallest absolute Gasteiger partial charge is 0.290 e. The lowest BCUT2D eigenvalue weighted by molar-refractivity contribution is -0.117. The summed E-state index contributed by atoms with van der Waals surface area (Å²) in [5, 5.41) is 6.41. The monoisotopic (exact) mass is 308 g/mol. The van der Waals surface area contributed by atoms with Gasteiger partial charge >= 0.3 is 0 Å². The predicted molar refractivity (Wildman–Crippen MR) is 80.7 cm³/mol. The minimum Gasteiger partial charge on any atom is -0.353 e. The molecule has 0 radical (unpaired) electrons. The summed E-state index contributed by atoms with van der Waals surface area (Å²) in [5.41, 5.74) is 1.85. The molecule has 0 aromatic heterocycles. The van der Waals surface area contributed by atoms with E-state index in [1.54, 1.807) is 42.5 Å². The van der Waals surface area contributed by atoms with E-state index < -0.39 is 5.91 Å². The number of nitroso groups, excluding NO2 is 1. The summed E-state index contributed by atoms with van der Waals surface area (Å²) in [5.74, 6) is -0.732. The highest BCUT2D eigenvalue weighted by Crippen LogP contribution is 2.33. The third-order valence-corrected chi connectivity index (χ3v) is 3.31. The molecule has 6 heteroatoms. The number of rotatable bonds is 4. The van der Waals surface area contributed by atoms with Gasteiger partial charge in [-0.15, -0.1) is 4.91 Å². The maximum absolute atomic E-state index is 11.2. The molecule has 1 amide bonds. The third-order valence-electron chi connectivity index (χ3n) is 2.68. The van der Waals surface area contributed by atoms with Crippen LogP contribution in [-0.4, -0.2) is 5.91 Å². The van der Waals surface area contributed by atoms with Crippen LogP contribution in [0.3, 0.4) is 0 Å². The molecule has 0 aliphatic carbocycles. The van der Waals surface area contributed by atoms with E-state index in [4.69, 9.17) is 23.2 Å². The van der Waals surface area contributed by atoms with Crippen LogP contribution in [-0.2, 0) is 11.2 Å². The second kappa shape index (κ2) is 6.50. The molecule has 0 saturated carbocycles. The molecule has 0 atom stereocenters. The van der Waals surface area contributed by atoms with Crippen molar-refractivity contribution in [2.75, 3.05) is 5.32 Å². The Kier molecular flexibility index (Phi) is 4.71. The molecule has 20 heavy (non-hydrogen) atoms. The molecule has 0 bridgehead atoms. The molecule has 102 valence electrons. The fourth-order valence-electron chi connectivity index (χ4n) is 1.74. The average molecular weight is 309 g/mol. The maximum atomic E-state index is 11.2. The highest BCUT2D eigenvalue weighted by molar-refractivity contribution is 6.39. The van der Waals surface area contributed by atoms with E-state index >= 15 is 0 Å². The molecule has 1 N–H and O–H groups in total. The normalized spacial score (nSPS) is 10.1. The van der Waals surface area contributed by atoms with Crippen LogP contribution in [0.15, 0.2) is 47.6 Å². The molecule has 2 aromatic carbocycles. The van der Waals surface area contributed by atoms with Crippen LogP contribution in [0.2, 0.25) is 10.0 Å². The standard InChI is InChI=1S/C14H10Cl2N2O2/c15-10-5-3-6-11(16)14(10)17-12-7-2-1-4-9(12)8-13(19)18-20/h1-7,17H,8H2. The summed E-state index contributed by atoms with van der Waals surface area (Å²) in [6.45, 7) is 0. The zero-order chi connectivity index (χ0) is 14.5. The average Bonchev–Trinajstić information content (AvgIpc) is 2.44. The van der Waals surface area contributed by atoms with Gasteiger partial charge in [0.2, 0.25) is 0 Å². The van der Waals surface area contributed by atoms with Gasteiger partial charge in [0.15, 0.2) is 0 Å². The number of para-hydroxylation sites is 2. The molecule has 0 fully saturated rings. The van der Waals surface area contributed by atoms with Gasteiger partial charge in [-0.25, -0.2) is 0 Å². The molecule has 0 aliphatic heterocycles. The molecule has 2 rings (SSSR count). The molecule has 4 nitrogen and oxygen atoms in total. The second-order valence-electron chi connectivity index (χ2n) is 4.04. The SMILES string of the molecule is O=NC(=O)Cc1ccccc1Nc1c(Cl)cccc1Cl. The minimum atomic E-state index is -0.732. The van der Waals surface area contributed by atoms with Gasteiger partial charge in [0.1, 0.15) is 0 Å². The Morgan fingerprint density at radius 3 is 2.35 bits per heavy atom. The van der Waals surface area contributed by atoms with Crippen molar-refractivity contribution in [2.45, 2.75) is 6.42 Å². The number of halogens is 2. The van der Waals surface area contributed by atoms with Gasteiger partial charge in [-0.05, 0) is 23.8 Å². The molecular weight excluding hydrogens is 299 g/mol. The first-order valence-electron chi connectivity index (χ1n) is 5.77. The number of anilines is 2. The van der Waals surface area contributed by atoms with E-state index in [0.29, 0.717) is 27.0 Å². The Morgan fingerprint density at radius 2 is 1.70 bits per heavy atom.